The largest absolute Gasteiger partial charge is 0.494 e. The van der Waals surface area contributed by atoms with E-state index < -0.39 is 12.0 Å². The van der Waals surface area contributed by atoms with Gasteiger partial charge in [0.15, 0.2) is 5.11 Å². The van der Waals surface area contributed by atoms with Gasteiger partial charge in [-0.25, -0.2) is 4.79 Å². The Kier molecular flexibility index (Phi) is 8.37. The lowest BCUT2D eigenvalue weighted by Gasteiger charge is -2.22. The van der Waals surface area contributed by atoms with Gasteiger partial charge in [0.1, 0.15) is 11.8 Å². The number of carbonyl (C=O) groups excluding carboxylic acids is 3. The fraction of sp³-hybridized carbons (Fsp3) is 0.280. The van der Waals surface area contributed by atoms with Crippen molar-refractivity contribution >= 4 is 46.5 Å². The van der Waals surface area contributed by atoms with E-state index in [0.717, 1.165) is 0 Å². The van der Waals surface area contributed by atoms with Crippen LogP contribution >= 0.6 is 12.2 Å². The lowest BCUT2D eigenvalue weighted by atomic mass is 10.1. The van der Waals surface area contributed by atoms with Crippen molar-refractivity contribution in [3.63, 3.8) is 0 Å². The van der Waals surface area contributed by atoms with Gasteiger partial charge in [0, 0.05) is 12.2 Å². The minimum atomic E-state index is -0.780. The summed E-state index contributed by atoms with van der Waals surface area (Å²) in [5.41, 5.74) is 1.48. The van der Waals surface area contributed by atoms with Gasteiger partial charge < -0.3 is 19.7 Å². The lowest BCUT2D eigenvalue weighted by molar-refractivity contribution is -0.124. The Bertz CT molecular complexity index is 1070. The second-order valence-corrected chi connectivity index (χ2v) is 7.76. The van der Waals surface area contributed by atoms with Crippen LogP contribution in [0.25, 0.3) is 0 Å². The molecule has 1 N–H and O–H groups in total. The fourth-order valence-electron chi connectivity index (χ4n) is 3.57. The topological polar surface area (TPSA) is 88.2 Å². The molecule has 2 amide bonds. The molecule has 1 atom stereocenters. The number of nitrogens with one attached hydrogen (secondary N) is 1. The van der Waals surface area contributed by atoms with Crippen molar-refractivity contribution < 1.29 is 23.9 Å². The number of benzene rings is 2. The number of carbonyl (C=O) groups is 3. The molecule has 0 saturated carbocycles. The van der Waals surface area contributed by atoms with Crippen LogP contribution in [0.3, 0.4) is 0 Å². The molecule has 1 fully saturated rings. The molecule has 0 unspecified atom stereocenters. The van der Waals surface area contributed by atoms with E-state index in [1.54, 1.807) is 66.4 Å². The van der Waals surface area contributed by atoms with Crippen molar-refractivity contribution in [2.75, 3.05) is 30.0 Å². The fourth-order valence-corrected chi connectivity index (χ4v) is 3.96. The van der Waals surface area contributed by atoms with Crippen LogP contribution < -0.4 is 15.0 Å². The van der Waals surface area contributed by atoms with E-state index in [2.05, 4.69) is 11.9 Å². The Balaban J connectivity index is 1.74. The van der Waals surface area contributed by atoms with Crippen molar-refractivity contribution in [2.45, 2.75) is 26.3 Å². The average Bonchev–Trinajstić information content (AvgIpc) is 3.05. The Hall–Kier alpha value is -3.72. The highest BCUT2D eigenvalue weighted by molar-refractivity contribution is 7.80. The van der Waals surface area contributed by atoms with Gasteiger partial charge >= 0.3 is 5.97 Å². The number of thiocarbonyl (C=S) groups is 1. The first-order valence-electron chi connectivity index (χ1n) is 10.9. The van der Waals surface area contributed by atoms with Crippen LogP contribution in [0.1, 0.15) is 30.6 Å². The summed E-state index contributed by atoms with van der Waals surface area (Å²) >= 11 is 5.56. The number of ether oxygens (including phenoxy) is 2. The van der Waals surface area contributed by atoms with Crippen LogP contribution in [0.2, 0.25) is 0 Å². The van der Waals surface area contributed by atoms with E-state index in [-0.39, 0.29) is 30.0 Å². The molecule has 0 bridgehead atoms. The SMILES string of the molecule is C=CCN1C(=S)N(c2ccc(C(=O)OCC)cc2)C(=O)[C@@H]1CC(=O)Nc1ccc(OCC)cc1. The monoisotopic (exact) mass is 481 g/mol. The Labute approximate surface area is 204 Å². The van der Waals surface area contributed by atoms with Crippen LogP contribution in [0.15, 0.2) is 61.2 Å². The molecule has 1 aliphatic rings. The predicted molar refractivity (Wildman–Crippen MR) is 134 cm³/mol. The second kappa shape index (κ2) is 11.4. The Morgan fingerprint density at radius 1 is 1.09 bits per heavy atom. The quantitative estimate of drug-likeness (QED) is 0.314. The summed E-state index contributed by atoms with van der Waals surface area (Å²) in [4.78, 5) is 41.0. The van der Waals surface area contributed by atoms with Crippen molar-refractivity contribution in [2.24, 2.45) is 0 Å². The summed E-state index contributed by atoms with van der Waals surface area (Å²) < 4.78 is 10.4. The molecular formula is C25H27N3O5S. The molecule has 178 valence electrons. The predicted octanol–water partition coefficient (Wildman–Crippen LogP) is 3.78. The number of anilines is 2. The summed E-state index contributed by atoms with van der Waals surface area (Å²) in [6.45, 7) is 8.50. The van der Waals surface area contributed by atoms with Gasteiger partial charge in [-0.05, 0) is 74.6 Å². The summed E-state index contributed by atoms with van der Waals surface area (Å²) in [5, 5.41) is 3.08. The molecular weight excluding hydrogens is 454 g/mol. The van der Waals surface area contributed by atoms with E-state index >= 15 is 0 Å². The van der Waals surface area contributed by atoms with Crippen LogP contribution in [-0.2, 0) is 14.3 Å². The van der Waals surface area contributed by atoms with Crippen LogP contribution in [0, 0.1) is 0 Å². The number of nitrogens with zero attached hydrogens (tertiary/aromatic N) is 2. The molecule has 3 rings (SSSR count). The van der Waals surface area contributed by atoms with Crippen LogP contribution in [-0.4, -0.2) is 53.6 Å². The average molecular weight is 482 g/mol. The standard InChI is InChI=1S/C25H27N3O5S/c1-4-15-27-21(16-22(29)26-18-9-13-20(14-10-18)32-5-2)23(30)28(25(27)34)19-11-7-17(8-12-19)24(31)33-6-3/h4,7-14,21H,1,5-6,15-16H2,2-3H3,(H,26,29)/t21-/m0/s1. The Morgan fingerprint density at radius 3 is 2.35 bits per heavy atom. The van der Waals surface area contributed by atoms with Crippen molar-refractivity contribution in [3.05, 3.63) is 66.7 Å². The number of amides is 2. The molecule has 1 heterocycles. The minimum absolute atomic E-state index is 0.0859. The third kappa shape index (κ3) is 5.60. The van der Waals surface area contributed by atoms with Gasteiger partial charge in [-0.15, -0.1) is 6.58 Å². The number of hydrogen-bond donors (Lipinski definition) is 1. The number of rotatable bonds is 10. The van der Waals surface area contributed by atoms with Crippen molar-refractivity contribution in [1.29, 1.82) is 0 Å². The van der Waals surface area contributed by atoms with Crippen molar-refractivity contribution in [3.8, 4) is 5.75 Å². The molecule has 34 heavy (non-hydrogen) atoms. The van der Waals surface area contributed by atoms with Gasteiger partial charge in [0.2, 0.25) is 5.91 Å². The molecule has 1 saturated heterocycles. The third-order valence-electron chi connectivity index (χ3n) is 5.11. The molecule has 2 aromatic carbocycles. The van der Waals surface area contributed by atoms with E-state index in [1.165, 1.54) is 4.90 Å². The first-order valence-corrected chi connectivity index (χ1v) is 11.4. The molecule has 0 aromatic heterocycles. The molecule has 0 aliphatic carbocycles. The van der Waals surface area contributed by atoms with E-state index in [9.17, 15) is 14.4 Å². The minimum Gasteiger partial charge on any atom is -0.494 e. The molecule has 0 spiro atoms. The summed E-state index contributed by atoms with van der Waals surface area (Å²) in [6.07, 6.45) is 1.54. The van der Waals surface area contributed by atoms with Gasteiger partial charge in [-0.2, -0.15) is 0 Å². The van der Waals surface area contributed by atoms with Crippen molar-refractivity contribution in [1.82, 2.24) is 4.90 Å². The van der Waals surface area contributed by atoms with E-state index in [0.29, 0.717) is 35.8 Å². The zero-order chi connectivity index (χ0) is 24.7. The normalized spacial score (nSPS) is 15.3. The molecule has 1 aliphatic heterocycles. The van der Waals surface area contributed by atoms with Gasteiger partial charge in [-0.3, -0.25) is 14.5 Å². The lowest BCUT2D eigenvalue weighted by Crippen LogP contribution is -2.37. The maximum Gasteiger partial charge on any atom is 0.338 e. The highest BCUT2D eigenvalue weighted by Gasteiger charge is 2.43. The Morgan fingerprint density at radius 2 is 1.76 bits per heavy atom. The zero-order valence-corrected chi connectivity index (χ0v) is 20.0. The maximum atomic E-state index is 13.3. The molecule has 0 radical (unpaired) electrons. The van der Waals surface area contributed by atoms with E-state index in [1.807, 2.05) is 6.92 Å². The van der Waals surface area contributed by atoms with Gasteiger partial charge in [-0.1, -0.05) is 6.08 Å². The third-order valence-corrected chi connectivity index (χ3v) is 5.53. The van der Waals surface area contributed by atoms with Crippen LogP contribution in [0.4, 0.5) is 11.4 Å². The highest BCUT2D eigenvalue weighted by atomic mass is 32.1. The van der Waals surface area contributed by atoms with E-state index in [4.69, 9.17) is 21.7 Å². The molecule has 8 nitrogen and oxygen atoms in total. The smallest absolute Gasteiger partial charge is 0.338 e. The molecule has 9 heteroatoms. The number of hydrogen-bond acceptors (Lipinski definition) is 6. The van der Waals surface area contributed by atoms with Gasteiger partial charge in [0.25, 0.3) is 5.91 Å². The summed E-state index contributed by atoms with van der Waals surface area (Å²) in [5.74, 6) is -0.378. The van der Waals surface area contributed by atoms with Gasteiger partial charge in [0.05, 0.1) is 30.9 Å². The highest BCUT2D eigenvalue weighted by Crippen LogP contribution is 2.28. The second-order valence-electron chi connectivity index (χ2n) is 7.39. The zero-order valence-electron chi connectivity index (χ0n) is 19.2. The molecule has 2 aromatic rings. The first kappa shape index (κ1) is 24.9. The maximum absolute atomic E-state index is 13.3. The first-order chi connectivity index (χ1) is 16.4. The number of esters is 1. The van der Waals surface area contributed by atoms with Crippen LogP contribution in [0.5, 0.6) is 5.75 Å². The summed E-state index contributed by atoms with van der Waals surface area (Å²) in [7, 11) is 0. The summed E-state index contributed by atoms with van der Waals surface area (Å²) in [6, 6.07) is 12.6.